The number of allylic oxidation sites excluding steroid dienone is 5. The minimum absolute atomic E-state index is 0.162. The van der Waals surface area contributed by atoms with Crippen LogP contribution in [0.15, 0.2) is 36.5 Å². The summed E-state index contributed by atoms with van der Waals surface area (Å²) in [6.45, 7) is 4.08. The highest BCUT2D eigenvalue weighted by molar-refractivity contribution is 5.69. The van der Waals surface area contributed by atoms with Crippen molar-refractivity contribution in [3.05, 3.63) is 36.5 Å². The van der Waals surface area contributed by atoms with Gasteiger partial charge in [-0.05, 0) is 38.5 Å². The lowest BCUT2D eigenvalue weighted by atomic mass is 10.1. The van der Waals surface area contributed by atoms with E-state index in [4.69, 9.17) is 9.47 Å². The van der Waals surface area contributed by atoms with Crippen molar-refractivity contribution in [3.8, 4) is 0 Å². The molecule has 0 heterocycles. The number of unbranched alkanes of at least 4 members (excludes halogenated alkanes) is 14. The Labute approximate surface area is 251 Å². The van der Waals surface area contributed by atoms with Crippen molar-refractivity contribution in [2.24, 2.45) is 0 Å². The predicted octanol–water partition coefficient (Wildman–Crippen LogP) is 8.70. The lowest BCUT2D eigenvalue weighted by Crippen LogP contribution is -2.25. The number of hydrogen-bond acceptors (Lipinski definition) is 6. The fraction of sp³-hybridized carbons (Fsp3) is 0.771. The third kappa shape index (κ3) is 30.9. The number of carbonyl (C=O) groups excluding carboxylic acids is 2. The Hall–Kier alpha value is -1.92. The Balaban J connectivity index is 3.68. The van der Waals surface area contributed by atoms with Gasteiger partial charge in [0.25, 0.3) is 0 Å². The molecule has 0 saturated heterocycles. The van der Waals surface area contributed by atoms with Crippen LogP contribution < -0.4 is 0 Å². The van der Waals surface area contributed by atoms with Gasteiger partial charge in [-0.15, -0.1) is 0 Å². The molecule has 0 saturated carbocycles. The van der Waals surface area contributed by atoms with Crippen molar-refractivity contribution in [2.75, 3.05) is 13.2 Å². The standard InChI is InChI=1S/C35H62O6/c1-3-5-7-9-11-13-14-15-16-18-19-21-23-26-32(36)27-25-29-35(39)41-31-33(37)30-40-34(38)28-24-22-20-17-12-10-8-6-4-2/h15-16,19,21,23,26,32-33,36-37H,3-14,17-18,20,22,24-25,27-31H2,1-2H3/b16-15+,21-19+,26-23+/t32?,33-/m1/s1. The first-order valence-electron chi connectivity index (χ1n) is 16.6. The zero-order chi connectivity index (χ0) is 30.2. The second-order valence-electron chi connectivity index (χ2n) is 11.1. The van der Waals surface area contributed by atoms with Crippen molar-refractivity contribution < 1.29 is 29.3 Å². The fourth-order valence-electron chi connectivity index (χ4n) is 4.39. The highest BCUT2D eigenvalue weighted by Crippen LogP contribution is 2.11. The van der Waals surface area contributed by atoms with Gasteiger partial charge in [0, 0.05) is 12.8 Å². The van der Waals surface area contributed by atoms with Crippen LogP contribution in [-0.2, 0) is 19.1 Å². The largest absolute Gasteiger partial charge is 0.463 e. The summed E-state index contributed by atoms with van der Waals surface area (Å²) in [6, 6.07) is 0. The molecule has 6 heteroatoms. The molecule has 2 atom stereocenters. The van der Waals surface area contributed by atoms with Gasteiger partial charge in [0.15, 0.2) is 0 Å². The number of esters is 2. The van der Waals surface area contributed by atoms with Crippen molar-refractivity contribution in [3.63, 3.8) is 0 Å². The van der Waals surface area contributed by atoms with Gasteiger partial charge in [-0.3, -0.25) is 9.59 Å². The molecule has 0 spiro atoms. The smallest absolute Gasteiger partial charge is 0.305 e. The van der Waals surface area contributed by atoms with Gasteiger partial charge in [-0.25, -0.2) is 0 Å². The summed E-state index contributed by atoms with van der Waals surface area (Å²) < 4.78 is 10.2. The van der Waals surface area contributed by atoms with Crippen LogP contribution in [0.2, 0.25) is 0 Å². The molecule has 0 radical (unpaired) electrons. The molecular weight excluding hydrogens is 516 g/mol. The monoisotopic (exact) mass is 578 g/mol. The molecule has 0 amide bonds. The average Bonchev–Trinajstić information content (AvgIpc) is 2.96. The molecule has 6 nitrogen and oxygen atoms in total. The molecule has 41 heavy (non-hydrogen) atoms. The maximum absolute atomic E-state index is 11.9. The third-order valence-corrected chi connectivity index (χ3v) is 6.98. The zero-order valence-corrected chi connectivity index (χ0v) is 26.4. The van der Waals surface area contributed by atoms with E-state index >= 15 is 0 Å². The van der Waals surface area contributed by atoms with Crippen LogP contribution in [0.1, 0.15) is 149 Å². The van der Waals surface area contributed by atoms with Crippen molar-refractivity contribution in [1.29, 1.82) is 0 Å². The molecule has 0 bridgehead atoms. The Morgan fingerprint density at radius 2 is 1.12 bits per heavy atom. The Morgan fingerprint density at radius 3 is 1.71 bits per heavy atom. The number of rotatable bonds is 29. The molecule has 1 unspecified atom stereocenters. The van der Waals surface area contributed by atoms with E-state index in [1.54, 1.807) is 6.08 Å². The van der Waals surface area contributed by atoms with Crippen molar-refractivity contribution in [2.45, 2.75) is 161 Å². The van der Waals surface area contributed by atoms with Crippen LogP contribution in [0.3, 0.4) is 0 Å². The van der Waals surface area contributed by atoms with E-state index in [1.807, 2.05) is 12.2 Å². The second kappa shape index (κ2) is 31.0. The van der Waals surface area contributed by atoms with Gasteiger partial charge in [-0.2, -0.15) is 0 Å². The molecule has 0 aromatic heterocycles. The predicted molar refractivity (Wildman–Crippen MR) is 170 cm³/mol. The van der Waals surface area contributed by atoms with E-state index < -0.39 is 18.2 Å². The molecule has 238 valence electrons. The first-order chi connectivity index (χ1) is 20.0. The molecule has 2 N–H and O–H groups in total. The van der Waals surface area contributed by atoms with E-state index in [-0.39, 0.29) is 25.6 Å². The number of hydrogen-bond donors (Lipinski definition) is 2. The molecule has 0 rings (SSSR count). The van der Waals surface area contributed by atoms with E-state index in [0.29, 0.717) is 19.3 Å². The molecule has 0 aliphatic rings. The van der Waals surface area contributed by atoms with E-state index in [9.17, 15) is 19.8 Å². The van der Waals surface area contributed by atoms with Crippen molar-refractivity contribution >= 4 is 11.9 Å². The molecule has 0 fully saturated rings. The number of aliphatic hydroxyl groups is 2. The Kier molecular flexibility index (Phi) is 29.6. The third-order valence-electron chi connectivity index (χ3n) is 6.98. The molecule has 0 aromatic carbocycles. The number of ether oxygens (including phenoxy) is 2. The summed E-state index contributed by atoms with van der Waals surface area (Å²) in [5.41, 5.74) is 0. The lowest BCUT2D eigenvalue weighted by Gasteiger charge is -2.12. The van der Waals surface area contributed by atoms with Crippen LogP contribution in [0.25, 0.3) is 0 Å². The zero-order valence-electron chi connectivity index (χ0n) is 26.4. The summed E-state index contributed by atoms with van der Waals surface area (Å²) >= 11 is 0. The van der Waals surface area contributed by atoms with Crippen LogP contribution in [0.4, 0.5) is 0 Å². The van der Waals surface area contributed by atoms with E-state index in [2.05, 4.69) is 32.1 Å². The minimum atomic E-state index is -1.03. The quantitative estimate of drug-likeness (QED) is 0.0399. The summed E-state index contributed by atoms with van der Waals surface area (Å²) in [6.07, 6.45) is 32.3. The molecule has 0 aromatic rings. The maximum Gasteiger partial charge on any atom is 0.305 e. The maximum atomic E-state index is 11.9. The molecule has 0 aliphatic heterocycles. The first-order valence-corrected chi connectivity index (χ1v) is 16.6. The summed E-state index contributed by atoms with van der Waals surface area (Å²) in [5, 5.41) is 20.0. The van der Waals surface area contributed by atoms with Gasteiger partial charge in [0.1, 0.15) is 19.3 Å². The van der Waals surface area contributed by atoms with Gasteiger partial charge >= 0.3 is 11.9 Å². The lowest BCUT2D eigenvalue weighted by molar-refractivity contribution is -0.152. The van der Waals surface area contributed by atoms with Gasteiger partial charge in [0.05, 0.1) is 6.10 Å². The summed E-state index contributed by atoms with van der Waals surface area (Å²) in [4.78, 5) is 23.7. The molecule has 0 aliphatic carbocycles. The van der Waals surface area contributed by atoms with E-state index in [0.717, 1.165) is 32.1 Å². The topological polar surface area (TPSA) is 93.1 Å². The second-order valence-corrected chi connectivity index (χ2v) is 11.1. The van der Waals surface area contributed by atoms with Crippen LogP contribution in [0.5, 0.6) is 0 Å². The highest BCUT2D eigenvalue weighted by atomic mass is 16.6. The fourth-order valence-corrected chi connectivity index (χ4v) is 4.39. The number of aliphatic hydroxyl groups excluding tert-OH is 2. The van der Waals surface area contributed by atoms with Gasteiger partial charge in [0.2, 0.25) is 0 Å². The van der Waals surface area contributed by atoms with Crippen LogP contribution >= 0.6 is 0 Å². The van der Waals surface area contributed by atoms with Crippen LogP contribution in [0, 0.1) is 0 Å². The van der Waals surface area contributed by atoms with Crippen LogP contribution in [-0.4, -0.2) is 47.6 Å². The summed E-state index contributed by atoms with van der Waals surface area (Å²) in [7, 11) is 0. The molecular formula is C35H62O6. The minimum Gasteiger partial charge on any atom is -0.463 e. The van der Waals surface area contributed by atoms with Crippen molar-refractivity contribution in [1.82, 2.24) is 0 Å². The Morgan fingerprint density at radius 1 is 0.610 bits per heavy atom. The van der Waals surface area contributed by atoms with Gasteiger partial charge < -0.3 is 19.7 Å². The normalized spacial score (nSPS) is 13.4. The SMILES string of the molecule is CCCCCCCC/C=C/C/C=C/C=C/C(O)CCCC(=O)OC[C@H](O)COC(=O)CCCCCCCCCCC. The number of carbonyl (C=O) groups is 2. The Bertz CT molecular complexity index is 684. The van der Waals surface area contributed by atoms with E-state index in [1.165, 1.54) is 77.0 Å². The highest BCUT2D eigenvalue weighted by Gasteiger charge is 2.12. The average molecular weight is 579 g/mol. The first kappa shape index (κ1) is 39.1. The summed E-state index contributed by atoms with van der Waals surface area (Å²) in [5.74, 6) is -0.760. The van der Waals surface area contributed by atoms with Gasteiger partial charge in [-0.1, -0.05) is 134 Å².